The minimum Gasteiger partial charge on any atom is -0.494 e. The zero-order valence-corrected chi connectivity index (χ0v) is 10.7. The fourth-order valence-electron chi connectivity index (χ4n) is 2.04. The molecule has 98 valence electrons. The zero-order valence-electron chi connectivity index (χ0n) is 10.7. The van der Waals surface area contributed by atoms with E-state index in [0.29, 0.717) is 29.5 Å². The molecule has 4 nitrogen and oxygen atoms in total. The highest BCUT2D eigenvalue weighted by Gasteiger charge is 2.18. The van der Waals surface area contributed by atoms with Gasteiger partial charge in [-0.1, -0.05) is 6.42 Å². The second-order valence-corrected chi connectivity index (χ2v) is 4.73. The molecule has 1 saturated carbocycles. The summed E-state index contributed by atoms with van der Waals surface area (Å²) < 4.78 is 5.38. The smallest absolute Gasteiger partial charge is 0.251 e. The molecule has 1 aromatic carbocycles. The van der Waals surface area contributed by atoms with Crippen molar-refractivity contribution in [3.05, 3.63) is 23.8 Å². The van der Waals surface area contributed by atoms with Gasteiger partial charge in [0.2, 0.25) is 0 Å². The number of nitrogens with one attached hydrogen (secondary N) is 1. The van der Waals surface area contributed by atoms with Crippen LogP contribution in [0.2, 0.25) is 0 Å². The molecule has 0 heterocycles. The Morgan fingerprint density at radius 3 is 2.83 bits per heavy atom. The molecule has 0 unspecified atom stereocenters. The third-order valence-electron chi connectivity index (χ3n) is 3.28. The van der Waals surface area contributed by atoms with Gasteiger partial charge in [-0.15, -0.1) is 0 Å². The van der Waals surface area contributed by atoms with Crippen molar-refractivity contribution < 1.29 is 9.53 Å². The van der Waals surface area contributed by atoms with Crippen LogP contribution in [0.15, 0.2) is 18.2 Å². The van der Waals surface area contributed by atoms with Crippen molar-refractivity contribution in [2.24, 2.45) is 5.92 Å². The first-order valence-electron chi connectivity index (χ1n) is 6.50. The SMILES string of the molecule is CCOc1cc(N)cc(C(=O)NCC2CCC2)c1. The van der Waals surface area contributed by atoms with E-state index in [0.717, 1.165) is 6.54 Å². The van der Waals surface area contributed by atoms with Gasteiger partial charge < -0.3 is 15.8 Å². The standard InChI is InChI=1S/C14H20N2O2/c1-2-18-13-7-11(6-12(15)8-13)14(17)16-9-10-4-3-5-10/h6-8,10H,2-5,9,15H2,1H3,(H,16,17). The first-order valence-corrected chi connectivity index (χ1v) is 6.50. The van der Waals surface area contributed by atoms with Crippen LogP contribution >= 0.6 is 0 Å². The third kappa shape index (κ3) is 3.15. The maximum absolute atomic E-state index is 12.0. The predicted octanol–water partition coefficient (Wildman–Crippen LogP) is 2.20. The topological polar surface area (TPSA) is 64.3 Å². The number of carbonyl (C=O) groups is 1. The molecule has 1 aliphatic rings. The Morgan fingerprint density at radius 1 is 1.44 bits per heavy atom. The number of carbonyl (C=O) groups excluding carboxylic acids is 1. The van der Waals surface area contributed by atoms with E-state index in [-0.39, 0.29) is 5.91 Å². The lowest BCUT2D eigenvalue weighted by Gasteiger charge is -2.25. The van der Waals surface area contributed by atoms with Crippen LogP contribution in [0.1, 0.15) is 36.5 Å². The summed E-state index contributed by atoms with van der Waals surface area (Å²) in [5.41, 5.74) is 6.88. The number of hydrogen-bond donors (Lipinski definition) is 2. The molecule has 1 amide bonds. The molecule has 1 aromatic rings. The first kappa shape index (κ1) is 12.7. The van der Waals surface area contributed by atoms with Crippen LogP contribution in [0.3, 0.4) is 0 Å². The van der Waals surface area contributed by atoms with Crippen LogP contribution in [-0.2, 0) is 0 Å². The minimum atomic E-state index is -0.0739. The second kappa shape index (κ2) is 5.76. The molecule has 0 saturated heterocycles. The maximum Gasteiger partial charge on any atom is 0.251 e. The summed E-state index contributed by atoms with van der Waals surface area (Å²) in [7, 11) is 0. The molecular weight excluding hydrogens is 228 g/mol. The van der Waals surface area contributed by atoms with Crippen molar-refractivity contribution in [3.63, 3.8) is 0 Å². The number of anilines is 1. The highest BCUT2D eigenvalue weighted by Crippen LogP contribution is 2.25. The van der Waals surface area contributed by atoms with Crippen molar-refractivity contribution in [1.82, 2.24) is 5.32 Å². The van der Waals surface area contributed by atoms with E-state index in [1.54, 1.807) is 18.2 Å². The lowest BCUT2D eigenvalue weighted by molar-refractivity contribution is 0.0938. The average Bonchev–Trinajstić information content (AvgIpc) is 2.26. The van der Waals surface area contributed by atoms with E-state index in [9.17, 15) is 4.79 Å². The maximum atomic E-state index is 12.0. The lowest BCUT2D eigenvalue weighted by atomic mass is 9.85. The Labute approximate surface area is 108 Å². The normalized spacial score (nSPS) is 14.9. The lowest BCUT2D eigenvalue weighted by Crippen LogP contribution is -2.32. The van der Waals surface area contributed by atoms with E-state index >= 15 is 0 Å². The number of rotatable bonds is 5. The molecule has 18 heavy (non-hydrogen) atoms. The van der Waals surface area contributed by atoms with E-state index in [1.165, 1.54) is 19.3 Å². The van der Waals surface area contributed by atoms with Crippen molar-refractivity contribution in [2.75, 3.05) is 18.9 Å². The van der Waals surface area contributed by atoms with Crippen molar-refractivity contribution in [3.8, 4) is 5.75 Å². The zero-order chi connectivity index (χ0) is 13.0. The summed E-state index contributed by atoms with van der Waals surface area (Å²) >= 11 is 0. The third-order valence-corrected chi connectivity index (χ3v) is 3.28. The van der Waals surface area contributed by atoms with Gasteiger partial charge >= 0.3 is 0 Å². The van der Waals surface area contributed by atoms with Crippen LogP contribution in [0.25, 0.3) is 0 Å². The molecule has 0 radical (unpaired) electrons. The number of nitrogens with two attached hydrogens (primary N) is 1. The molecule has 4 heteroatoms. The highest BCUT2D eigenvalue weighted by atomic mass is 16.5. The second-order valence-electron chi connectivity index (χ2n) is 4.73. The van der Waals surface area contributed by atoms with E-state index in [2.05, 4.69) is 5.32 Å². The summed E-state index contributed by atoms with van der Waals surface area (Å²) in [6.07, 6.45) is 3.73. The summed E-state index contributed by atoms with van der Waals surface area (Å²) in [5.74, 6) is 1.22. The molecule has 0 aromatic heterocycles. The van der Waals surface area contributed by atoms with E-state index < -0.39 is 0 Å². The number of hydrogen-bond acceptors (Lipinski definition) is 3. The van der Waals surface area contributed by atoms with Gasteiger partial charge in [0.1, 0.15) is 5.75 Å². The van der Waals surface area contributed by atoms with Gasteiger partial charge in [-0.3, -0.25) is 4.79 Å². The number of nitrogen functional groups attached to an aromatic ring is 1. The molecule has 2 rings (SSSR count). The monoisotopic (exact) mass is 248 g/mol. The Bertz CT molecular complexity index is 428. The van der Waals surface area contributed by atoms with Gasteiger partial charge in [-0.05, 0) is 37.8 Å². The number of benzene rings is 1. The van der Waals surface area contributed by atoms with Gasteiger partial charge in [-0.2, -0.15) is 0 Å². The minimum absolute atomic E-state index is 0.0739. The Balaban J connectivity index is 1.99. The summed E-state index contributed by atoms with van der Waals surface area (Å²) in [5, 5.41) is 2.95. The largest absolute Gasteiger partial charge is 0.494 e. The van der Waals surface area contributed by atoms with Crippen LogP contribution in [0.5, 0.6) is 5.75 Å². The molecule has 3 N–H and O–H groups in total. The molecular formula is C14H20N2O2. The number of amides is 1. The Morgan fingerprint density at radius 2 is 2.22 bits per heavy atom. The van der Waals surface area contributed by atoms with Crippen molar-refractivity contribution >= 4 is 11.6 Å². The molecule has 0 bridgehead atoms. The first-order chi connectivity index (χ1) is 8.69. The molecule has 1 fully saturated rings. The van der Waals surface area contributed by atoms with Crippen LogP contribution < -0.4 is 15.8 Å². The van der Waals surface area contributed by atoms with Gasteiger partial charge in [0.15, 0.2) is 0 Å². The molecule has 0 spiro atoms. The fraction of sp³-hybridized carbons (Fsp3) is 0.500. The summed E-state index contributed by atoms with van der Waals surface area (Å²) in [6, 6.07) is 5.14. The van der Waals surface area contributed by atoms with Crippen LogP contribution in [0, 0.1) is 5.92 Å². The number of ether oxygens (including phenoxy) is 1. The Kier molecular flexibility index (Phi) is 4.07. The van der Waals surface area contributed by atoms with Crippen LogP contribution in [-0.4, -0.2) is 19.1 Å². The summed E-state index contributed by atoms with van der Waals surface area (Å²) in [6.45, 7) is 3.23. The highest BCUT2D eigenvalue weighted by molar-refractivity contribution is 5.95. The average molecular weight is 248 g/mol. The van der Waals surface area contributed by atoms with Gasteiger partial charge in [0.25, 0.3) is 5.91 Å². The summed E-state index contributed by atoms with van der Waals surface area (Å²) in [4.78, 5) is 12.0. The predicted molar refractivity (Wildman–Crippen MR) is 71.7 cm³/mol. The quantitative estimate of drug-likeness (QED) is 0.785. The van der Waals surface area contributed by atoms with Gasteiger partial charge in [-0.25, -0.2) is 0 Å². The van der Waals surface area contributed by atoms with E-state index in [1.807, 2.05) is 6.92 Å². The molecule has 0 atom stereocenters. The van der Waals surface area contributed by atoms with E-state index in [4.69, 9.17) is 10.5 Å². The molecule has 1 aliphatic carbocycles. The van der Waals surface area contributed by atoms with Gasteiger partial charge in [0.05, 0.1) is 6.61 Å². The van der Waals surface area contributed by atoms with Crippen LogP contribution in [0.4, 0.5) is 5.69 Å². The molecule has 0 aliphatic heterocycles. The van der Waals surface area contributed by atoms with Crippen molar-refractivity contribution in [2.45, 2.75) is 26.2 Å². The van der Waals surface area contributed by atoms with Crippen molar-refractivity contribution in [1.29, 1.82) is 0 Å². The Hall–Kier alpha value is -1.71. The fourth-order valence-corrected chi connectivity index (χ4v) is 2.04. The van der Waals surface area contributed by atoms with Gasteiger partial charge in [0, 0.05) is 23.9 Å².